The van der Waals surface area contributed by atoms with Crippen LogP contribution in [0.5, 0.6) is 51.7 Å². The predicted octanol–water partition coefficient (Wildman–Crippen LogP) is 22.8. The molecule has 0 bridgehead atoms. The first-order valence-corrected chi connectivity index (χ1v) is 41.2. The molecule has 10 rings (SSSR count). The van der Waals surface area contributed by atoms with E-state index in [9.17, 15) is 89.4 Å². The minimum absolute atomic E-state index is 0.0137. The van der Waals surface area contributed by atoms with Crippen LogP contribution in [0.1, 0.15) is 103 Å². The van der Waals surface area contributed by atoms with Gasteiger partial charge in [-0.3, -0.25) is 5.32 Å². The van der Waals surface area contributed by atoms with Gasteiger partial charge in [0.2, 0.25) is 15.9 Å². The van der Waals surface area contributed by atoms with E-state index in [-0.39, 0.29) is 120 Å². The molecule has 1 amide bonds. The molecule has 3 heterocycles. The van der Waals surface area contributed by atoms with Crippen LogP contribution in [0, 0.1) is 110 Å². The number of nitrogens with zero attached hydrogens (tertiary/aromatic N) is 9. The Morgan fingerprint density at radius 1 is 0.454 bits per heavy atom. The second kappa shape index (κ2) is 62.6. The van der Waals surface area contributed by atoms with Crippen molar-refractivity contribution in [3.8, 4) is 51.7 Å². The smallest absolute Gasteiger partial charge is 0.412 e. The molecule has 774 valence electrons. The number of alkyl halides is 4. The van der Waals surface area contributed by atoms with Crippen LogP contribution >= 0.6 is 69.8 Å². The van der Waals surface area contributed by atoms with Gasteiger partial charge in [-0.05, 0) is 177 Å². The number of aromatic carboxylic acids is 1. The van der Waals surface area contributed by atoms with E-state index in [1.54, 1.807) is 46.2 Å². The Morgan fingerprint density at radius 3 is 1.18 bits per heavy atom. The topological polar surface area (TPSA) is 438 Å². The summed E-state index contributed by atoms with van der Waals surface area (Å²) in [5.41, 5.74) is 14.7. The Morgan fingerprint density at radius 2 is 0.816 bits per heavy atom. The van der Waals surface area contributed by atoms with Gasteiger partial charge in [0.15, 0.2) is 104 Å². The van der Waals surface area contributed by atoms with Crippen molar-refractivity contribution in [2.24, 2.45) is 20.8 Å². The summed E-state index contributed by atoms with van der Waals surface area (Å²) < 4.78 is 269. The fourth-order valence-electron chi connectivity index (χ4n) is 10.1. The van der Waals surface area contributed by atoms with Gasteiger partial charge < -0.3 is 89.4 Å². The standard InChI is InChI=1S/C15H15ClF4N4O2.C13H11Cl2F2N3O2.C13H17F2NO3.C10H10F2O3.C10H12O3.C9H8F2O3.C8H9F2NO.C6H6Cl2N2.C2H5F2N.ClHN4/c1-25-8-3-9(26-2)12(20)13(11(8)19)21-4-7-5-23-15(16)24-14(7)22-6-10(17)18;1-21-7-3-8(22-2)10(17)11(9(7)16)18-4-6-5-19-13(15)20-12(6)14;1-7-6-8(18-5)10(15)11(9(7)14)16-12(17)19-13(2,3)4;1-5-4-6(14-2)9(12)7(8(5)11)10(13)15-3;1-7-4-8(10(11)13-3)6-9(5-7)12-2;1-4-3-5(14-2)8(11)6(7(4)10)9(12)13;1-4-3-5(12-2)7(10)8(11)6(4)9;1-2-4-3-9-6(8)10-5(4)7;3-2(4)1-5;1-3-5-4-2/h3,5,10,21H,4,6H2,1-2H3,(H,22,23,24);3,5,18H,4H2,1-2H3;6H,1-5H3,(H,16,17);4H,1-3H3;4-6H,1-3H3;3H,1-2H3,(H,12,13);3H,11H2,1-2H3;3H,2H2,1H3;2H,1,5H2;2H. The summed E-state index contributed by atoms with van der Waals surface area (Å²) in [4.78, 5) is 66.9. The normalized spacial score (nSPS) is 10.2. The molecule has 55 heteroatoms. The van der Waals surface area contributed by atoms with E-state index in [0.29, 0.717) is 22.0 Å². The van der Waals surface area contributed by atoms with E-state index in [1.165, 1.54) is 122 Å². The molecule has 0 aliphatic heterocycles. The highest BCUT2D eigenvalue weighted by molar-refractivity contribution is 6.32. The second-order valence-corrected chi connectivity index (χ2v) is 29.4. The minimum atomic E-state index is -2.62. The molecule has 141 heavy (non-hydrogen) atoms. The van der Waals surface area contributed by atoms with Gasteiger partial charge in [0, 0.05) is 60.5 Å². The van der Waals surface area contributed by atoms with Crippen LogP contribution in [0.3, 0.4) is 0 Å². The number of aromatic nitrogens is 6. The Bertz CT molecular complexity index is 5840. The third kappa shape index (κ3) is 40.0. The molecule has 10 aromatic rings. The SMILES string of the molecule is CCc1cnc(Cl)nc1Cl.COC(=O)c1c(F)c(C)cc(OC)c1F.COC(=O)c1cc(C)cc(OC)c1.COc1cc(C)c(F)c(C(=O)O)c1F.COc1cc(C)c(F)c(N)c1F.COc1cc(C)c(F)c(NC(=O)OC(C)(C)C)c1F.COc1cc(OC)c(F)c(NCc2cnc(Cl)nc2Cl)c1F.COc1cc(OC)c(F)c(NCc2cnc(Cl)nc2NCC(F)F)c1F.N=NN=NCl.NCC(F)F. The van der Waals surface area contributed by atoms with Crippen LogP contribution in [0.2, 0.25) is 26.2 Å². The average molecular weight is 2140 g/mol. The zero-order valence-corrected chi connectivity index (χ0v) is 82.6. The third-order valence-corrected chi connectivity index (χ3v) is 18.0. The Labute approximate surface area is 826 Å². The highest BCUT2D eigenvalue weighted by Crippen LogP contribution is 2.39. The van der Waals surface area contributed by atoms with E-state index in [4.69, 9.17) is 108 Å². The molecule has 0 saturated carbocycles. The van der Waals surface area contributed by atoms with Gasteiger partial charge in [-0.2, -0.15) is 5.53 Å². The van der Waals surface area contributed by atoms with Crippen molar-refractivity contribution in [3.63, 3.8) is 0 Å². The molecule has 0 fully saturated rings. The third-order valence-electron chi connectivity index (χ3n) is 16.8. The monoisotopic (exact) mass is 2140 g/mol. The molecule has 0 aliphatic carbocycles. The second-order valence-electron chi connectivity index (χ2n) is 27.5. The van der Waals surface area contributed by atoms with Crippen molar-refractivity contribution in [2.75, 3.05) is 118 Å². The molecular formula is C86H94Cl6F16N16O17. The maximum atomic E-state index is 14.3. The highest BCUT2D eigenvalue weighted by Gasteiger charge is 2.29. The lowest BCUT2D eigenvalue weighted by atomic mass is 10.1. The molecule has 0 atom stereocenters. The van der Waals surface area contributed by atoms with Crippen LogP contribution in [-0.4, -0.2) is 169 Å². The maximum absolute atomic E-state index is 14.3. The van der Waals surface area contributed by atoms with Crippen LogP contribution in [-0.2, 0) is 33.7 Å². The first kappa shape index (κ1) is 126. The maximum Gasteiger partial charge on any atom is 0.412 e. The molecule has 0 spiro atoms. The van der Waals surface area contributed by atoms with Crippen LogP contribution in [0.4, 0.5) is 104 Å². The zero-order chi connectivity index (χ0) is 108. The molecule has 33 nitrogen and oxygen atoms in total. The number of aryl methyl sites for hydroxylation is 6. The number of hydrogen-bond acceptors (Lipinski definition) is 29. The first-order valence-electron chi connectivity index (χ1n) is 39.0. The van der Waals surface area contributed by atoms with Gasteiger partial charge in [-0.15, -0.1) is 0 Å². The highest BCUT2D eigenvalue weighted by atomic mass is 35.5. The number of anilines is 5. The number of nitrogens with one attached hydrogen (secondary N) is 5. The van der Waals surface area contributed by atoms with Gasteiger partial charge in [0.05, 0.1) is 109 Å². The number of rotatable bonds is 25. The average Bonchev–Trinajstić information content (AvgIpc) is 0.830. The van der Waals surface area contributed by atoms with E-state index < -0.39 is 153 Å². The summed E-state index contributed by atoms with van der Waals surface area (Å²) in [5, 5.41) is 23.8. The first-order chi connectivity index (χ1) is 66.2. The van der Waals surface area contributed by atoms with Crippen molar-refractivity contribution in [1.29, 1.82) is 5.53 Å². The van der Waals surface area contributed by atoms with Gasteiger partial charge in [0.1, 0.15) is 73.0 Å². The summed E-state index contributed by atoms with van der Waals surface area (Å²) in [6, 6.07) is 12.2. The number of halogens is 22. The molecule has 3 aromatic heterocycles. The molecule has 10 N–H and O–H groups in total. The predicted molar refractivity (Wildman–Crippen MR) is 492 cm³/mol. The van der Waals surface area contributed by atoms with Crippen molar-refractivity contribution >= 4 is 122 Å². The van der Waals surface area contributed by atoms with Crippen molar-refractivity contribution < 1.29 is 151 Å². The van der Waals surface area contributed by atoms with Gasteiger partial charge in [0.25, 0.3) is 12.9 Å². The number of benzene rings is 7. The number of nitrogens with two attached hydrogens (primary N) is 2. The number of ether oxygens (including phenoxy) is 12. The fraction of sp³-hybridized carbons (Fsp3) is 0.326. The summed E-state index contributed by atoms with van der Waals surface area (Å²) >= 11 is 32.8. The lowest BCUT2D eigenvalue weighted by molar-refractivity contribution is 0.0583. The molecule has 0 aliphatic rings. The Kier molecular flexibility index (Phi) is 55.8. The van der Waals surface area contributed by atoms with Crippen LogP contribution in [0.25, 0.3) is 0 Å². The fourth-order valence-corrected chi connectivity index (χ4v) is 11.0. The molecular weight excluding hydrogens is 2050 g/mol. The number of carboxylic acids is 1. The number of carbonyl (C=O) groups is 4. The number of methoxy groups -OCH3 is 11. The van der Waals surface area contributed by atoms with Gasteiger partial charge >= 0.3 is 24.0 Å². The largest absolute Gasteiger partial charge is 0.497 e. The number of esters is 2. The number of nitrogen functional groups attached to an aromatic ring is 1. The molecule has 0 unspecified atom stereocenters. The quantitative estimate of drug-likeness (QED) is 0.00385. The summed E-state index contributed by atoms with van der Waals surface area (Å²) in [7, 11) is 13.9. The molecule has 7 aromatic carbocycles. The summed E-state index contributed by atoms with van der Waals surface area (Å²) in [6.45, 7) is 13.1. The minimum Gasteiger partial charge on any atom is -0.497 e. The number of amides is 1. The Balaban J connectivity index is 0.000000806. The molecule has 0 radical (unpaired) electrons. The lowest BCUT2D eigenvalue weighted by Crippen LogP contribution is -2.28. The number of hydrogen-bond donors (Lipinski definition) is 8. The summed E-state index contributed by atoms with van der Waals surface area (Å²) in [5.74, 6) is -15.1. The van der Waals surface area contributed by atoms with E-state index in [0.717, 1.165) is 42.9 Å². The molecule has 0 saturated heterocycles. The summed E-state index contributed by atoms with van der Waals surface area (Å²) in [6.07, 6.45) is -0.815. The van der Waals surface area contributed by atoms with E-state index in [2.05, 4.69) is 107 Å². The van der Waals surface area contributed by atoms with E-state index in [1.807, 2.05) is 19.9 Å². The van der Waals surface area contributed by atoms with Crippen molar-refractivity contribution in [3.05, 3.63) is 230 Å². The number of carboxylic acid groups (broad SMARTS) is 1. The van der Waals surface area contributed by atoms with Gasteiger partial charge in [-0.25, -0.2) is 119 Å². The van der Waals surface area contributed by atoms with Gasteiger partial charge in [-0.1, -0.05) is 34.8 Å². The van der Waals surface area contributed by atoms with Crippen molar-refractivity contribution in [1.82, 2.24) is 29.9 Å². The zero-order valence-electron chi connectivity index (χ0n) is 78.1. The van der Waals surface area contributed by atoms with E-state index >= 15 is 0 Å². The van der Waals surface area contributed by atoms with Crippen LogP contribution < -0.4 is 75.4 Å². The number of carbonyl (C=O) groups excluding carboxylic acids is 3. The van der Waals surface area contributed by atoms with Crippen molar-refractivity contribution in [2.45, 2.75) is 100 Å². The van der Waals surface area contributed by atoms with Crippen LogP contribution in [0.15, 0.2) is 88.3 Å². The Hall–Kier alpha value is -13.4. The lowest BCUT2D eigenvalue weighted by Gasteiger charge is -2.20.